The number of ether oxygens (including phenoxy) is 2. The zero-order valence-corrected chi connectivity index (χ0v) is 10.5. The molecule has 0 radical (unpaired) electrons. The molecule has 17 heavy (non-hydrogen) atoms. The minimum atomic E-state index is 0.0403. The number of amides is 1. The second kappa shape index (κ2) is 6.33. The van der Waals surface area contributed by atoms with E-state index in [0.29, 0.717) is 19.1 Å². The van der Waals surface area contributed by atoms with E-state index in [1.54, 1.807) is 0 Å². The first-order valence-corrected chi connectivity index (χ1v) is 6.43. The first-order valence-electron chi connectivity index (χ1n) is 6.43. The molecule has 2 saturated heterocycles. The van der Waals surface area contributed by atoms with Crippen molar-refractivity contribution in [1.29, 1.82) is 0 Å². The number of hydrogen-bond acceptors (Lipinski definition) is 4. The number of nitrogens with zero attached hydrogens (tertiary/aromatic N) is 1. The van der Waals surface area contributed by atoms with Crippen LogP contribution in [0.4, 0.5) is 0 Å². The number of carbonyl (C=O) groups is 1. The number of hydrogen-bond donors (Lipinski definition) is 1. The van der Waals surface area contributed by atoms with Crippen molar-refractivity contribution in [2.24, 2.45) is 0 Å². The van der Waals surface area contributed by atoms with Crippen LogP contribution in [-0.2, 0) is 14.3 Å². The Morgan fingerprint density at radius 2 is 2.12 bits per heavy atom. The van der Waals surface area contributed by atoms with Crippen LogP contribution in [0.3, 0.4) is 0 Å². The molecule has 1 unspecified atom stereocenters. The molecule has 0 aromatic carbocycles. The first-order chi connectivity index (χ1) is 8.27. The molecule has 2 fully saturated rings. The fourth-order valence-electron chi connectivity index (χ4n) is 2.37. The molecule has 2 rings (SSSR count). The lowest BCUT2D eigenvalue weighted by atomic mass is 10.1. The van der Waals surface area contributed by atoms with E-state index in [4.69, 9.17) is 9.47 Å². The second-order valence-corrected chi connectivity index (χ2v) is 4.75. The molecule has 5 nitrogen and oxygen atoms in total. The van der Waals surface area contributed by atoms with Crippen LogP contribution < -0.4 is 5.32 Å². The van der Waals surface area contributed by atoms with Crippen LogP contribution >= 0.6 is 0 Å². The molecule has 0 aromatic rings. The van der Waals surface area contributed by atoms with Crippen molar-refractivity contribution >= 4 is 5.91 Å². The van der Waals surface area contributed by atoms with Crippen LogP contribution in [0.15, 0.2) is 0 Å². The highest BCUT2D eigenvalue weighted by Crippen LogP contribution is 2.15. The number of nitrogens with one attached hydrogen (secondary N) is 1. The molecule has 98 valence electrons. The van der Waals surface area contributed by atoms with E-state index in [1.165, 1.54) is 0 Å². The maximum atomic E-state index is 12.1. The van der Waals surface area contributed by atoms with Gasteiger partial charge in [0.25, 0.3) is 0 Å². The van der Waals surface area contributed by atoms with Gasteiger partial charge >= 0.3 is 0 Å². The molecule has 1 amide bonds. The summed E-state index contributed by atoms with van der Waals surface area (Å²) < 4.78 is 10.9. The first kappa shape index (κ1) is 12.8. The van der Waals surface area contributed by atoms with Gasteiger partial charge in [0.1, 0.15) is 0 Å². The van der Waals surface area contributed by atoms with Crippen molar-refractivity contribution in [3.8, 4) is 0 Å². The average molecular weight is 242 g/mol. The fraction of sp³-hybridized carbons (Fsp3) is 0.917. The predicted octanol–water partition coefficient (Wildman–Crippen LogP) is 0.00230. The highest BCUT2D eigenvalue weighted by atomic mass is 16.5. The minimum Gasteiger partial charge on any atom is -0.381 e. The number of carbonyl (C=O) groups excluding carboxylic acids is 1. The van der Waals surface area contributed by atoms with E-state index in [9.17, 15) is 4.79 Å². The summed E-state index contributed by atoms with van der Waals surface area (Å²) in [4.78, 5) is 14.0. The standard InChI is InChI=1S/C12H22N2O3/c1-14(10-2-5-16-6-3-10)12(15)8-11-9-13-4-7-17-11/h10-11,13H,2-9H2,1H3. The molecule has 0 saturated carbocycles. The smallest absolute Gasteiger partial charge is 0.225 e. The molecular weight excluding hydrogens is 220 g/mol. The second-order valence-electron chi connectivity index (χ2n) is 4.75. The van der Waals surface area contributed by atoms with Crippen molar-refractivity contribution in [3.05, 3.63) is 0 Å². The molecule has 1 N–H and O–H groups in total. The maximum Gasteiger partial charge on any atom is 0.225 e. The van der Waals surface area contributed by atoms with E-state index in [-0.39, 0.29) is 12.0 Å². The van der Waals surface area contributed by atoms with Gasteiger partial charge in [0.2, 0.25) is 5.91 Å². The zero-order chi connectivity index (χ0) is 12.1. The summed E-state index contributed by atoms with van der Waals surface area (Å²) >= 11 is 0. The summed E-state index contributed by atoms with van der Waals surface area (Å²) in [5, 5.41) is 3.24. The van der Waals surface area contributed by atoms with Gasteiger partial charge in [-0.3, -0.25) is 4.79 Å². The van der Waals surface area contributed by atoms with Gasteiger partial charge in [-0.15, -0.1) is 0 Å². The largest absolute Gasteiger partial charge is 0.381 e. The van der Waals surface area contributed by atoms with Gasteiger partial charge in [-0.25, -0.2) is 0 Å². The summed E-state index contributed by atoms with van der Waals surface area (Å²) in [5.74, 6) is 0.186. The van der Waals surface area contributed by atoms with Crippen LogP contribution in [0.25, 0.3) is 0 Å². The quantitative estimate of drug-likeness (QED) is 0.757. The number of rotatable bonds is 3. The minimum absolute atomic E-state index is 0.0403. The van der Waals surface area contributed by atoms with Gasteiger partial charge in [-0.05, 0) is 12.8 Å². The molecule has 2 heterocycles. The van der Waals surface area contributed by atoms with E-state index in [0.717, 1.165) is 39.1 Å². The van der Waals surface area contributed by atoms with Crippen molar-refractivity contribution in [1.82, 2.24) is 10.2 Å². The Hall–Kier alpha value is -0.650. The van der Waals surface area contributed by atoms with E-state index >= 15 is 0 Å². The van der Waals surface area contributed by atoms with E-state index in [1.807, 2.05) is 11.9 Å². The Kier molecular flexibility index (Phi) is 4.76. The van der Waals surface area contributed by atoms with Gasteiger partial charge in [-0.1, -0.05) is 0 Å². The van der Waals surface area contributed by atoms with Crippen molar-refractivity contribution in [2.75, 3.05) is 40.0 Å². The van der Waals surface area contributed by atoms with E-state index < -0.39 is 0 Å². The van der Waals surface area contributed by atoms with Crippen LogP contribution in [0.2, 0.25) is 0 Å². The molecule has 2 aliphatic heterocycles. The third-order valence-corrected chi connectivity index (χ3v) is 3.54. The van der Waals surface area contributed by atoms with Gasteiger partial charge < -0.3 is 19.7 Å². The summed E-state index contributed by atoms with van der Waals surface area (Å²) in [6.07, 6.45) is 2.43. The van der Waals surface area contributed by atoms with Crippen molar-refractivity contribution in [3.63, 3.8) is 0 Å². The lowest BCUT2D eigenvalue weighted by Gasteiger charge is -2.32. The van der Waals surface area contributed by atoms with Crippen LogP contribution in [0, 0.1) is 0 Å². The monoisotopic (exact) mass is 242 g/mol. The van der Waals surface area contributed by atoms with Gasteiger partial charge in [0, 0.05) is 39.4 Å². The lowest BCUT2D eigenvalue weighted by molar-refractivity contribution is -0.137. The number of morpholine rings is 1. The molecule has 2 aliphatic rings. The Morgan fingerprint density at radius 1 is 1.35 bits per heavy atom. The molecule has 0 aromatic heterocycles. The molecule has 1 atom stereocenters. The SMILES string of the molecule is CN(C(=O)CC1CNCCO1)C1CCOCC1. The molecular formula is C12H22N2O3. The van der Waals surface area contributed by atoms with Crippen LogP contribution in [0.5, 0.6) is 0 Å². The third-order valence-electron chi connectivity index (χ3n) is 3.54. The topological polar surface area (TPSA) is 50.8 Å². The van der Waals surface area contributed by atoms with Crippen molar-refractivity contribution in [2.45, 2.75) is 31.4 Å². The Labute approximate surface area is 102 Å². The Bertz CT molecular complexity index is 248. The van der Waals surface area contributed by atoms with Gasteiger partial charge in [0.05, 0.1) is 19.1 Å². The van der Waals surface area contributed by atoms with Crippen LogP contribution in [-0.4, -0.2) is 62.9 Å². The Morgan fingerprint density at radius 3 is 2.76 bits per heavy atom. The molecule has 0 spiro atoms. The lowest BCUT2D eigenvalue weighted by Crippen LogP contribution is -2.45. The Balaban J connectivity index is 1.77. The molecule has 0 bridgehead atoms. The summed E-state index contributed by atoms with van der Waals surface area (Å²) in [5.41, 5.74) is 0. The van der Waals surface area contributed by atoms with Crippen LogP contribution in [0.1, 0.15) is 19.3 Å². The average Bonchev–Trinajstić information content (AvgIpc) is 2.40. The molecule has 5 heteroatoms. The van der Waals surface area contributed by atoms with Crippen molar-refractivity contribution < 1.29 is 14.3 Å². The zero-order valence-electron chi connectivity index (χ0n) is 10.5. The van der Waals surface area contributed by atoms with Gasteiger partial charge in [-0.2, -0.15) is 0 Å². The normalized spacial score (nSPS) is 26.8. The maximum absolute atomic E-state index is 12.1. The third kappa shape index (κ3) is 3.66. The highest BCUT2D eigenvalue weighted by Gasteiger charge is 2.25. The molecule has 0 aliphatic carbocycles. The highest BCUT2D eigenvalue weighted by molar-refractivity contribution is 5.76. The fourth-order valence-corrected chi connectivity index (χ4v) is 2.37. The summed E-state index contributed by atoms with van der Waals surface area (Å²) in [6.45, 7) is 3.92. The summed E-state index contributed by atoms with van der Waals surface area (Å²) in [7, 11) is 1.90. The van der Waals surface area contributed by atoms with Gasteiger partial charge in [0.15, 0.2) is 0 Å². The predicted molar refractivity (Wildman–Crippen MR) is 63.8 cm³/mol. The summed E-state index contributed by atoms with van der Waals surface area (Å²) in [6, 6.07) is 0.341. The van der Waals surface area contributed by atoms with E-state index in [2.05, 4.69) is 5.32 Å².